The maximum Gasteiger partial charge on any atom is 0.407 e. The summed E-state index contributed by atoms with van der Waals surface area (Å²) in [6, 6.07) is -0.221. The second-order valence-electron chi connectivity index (χ2n) is 7.37. The van der Waals surface area contributed by atoms with Gasteiger partial charge in [-0.1, -0.05) is 30.3 Å². The zero-order chi connectivity index (χ0) is 20.7. The Morgan fingerprint density at radius 2 is 2.10 bits per heavy atom. The Labute approximate surface area is 177 Å². The standard InChI is InChI=1S/C19H23ClFN5O2S/c1-3-29-18-23-15-13-11(22-16(20)14(15)21)6-4-5-8-26(17(13)24-18)12-7-9-25(10(12)2)19(27)28/h10,12H,3-9H2,1-2H3,(H,27,28)/t10-,12?/m1/s1. The predicted molar refractivity (Wildman–Crippen MR) is 112 cm³/mol. The lowest BCUT2D eigenvalue weighted by atomic mass is 10.0. The Kier molecular flexibility index (Phi) is 5.70. The van der Waals surface area contributed by atoms with E-state index in [4.69, 9.17) is 16.6 Å². The monoisotopic (exact) mass is 439 g/mol. The lowest BCUT2D eigenvalue weighted by Gasteiger charge is -2.35. The number of thioether (sulfide) groups is 1. The molecule has 2 aliphatic heterocycles. The number of nitrogens with zero attached hydrogens (tertiary/aromatic N) is 5. The number of aromatic nitrogens is 3. The fourth-order valence-corrected chi connectivity index (χ4v) is 5.13. The van der Waals surface area contributed by atoms with Crippen molar-refractivity contribution in [2.45, 2.75) is 56.8 Å². The van der Waals surface area contributed by atoms with Gasteiger partial charge in [-0.3, -0.25) is 0 Å². The summed E-state index contributed by atoms with van der Waals surface area (Å²) in [6.07, 6.45) is 2.27. The summed E-state index contributed by atoms with van der Waals surface area (Å²) in [6.45, 7) is 5.12. The van der Waals surface area contributed by atoms with Crippen LogP contribution >= 0.6 is 23.4 Å². The second-order valence-corrected chi connectivity index (χ2v) is 8.96. The van der Waals surface area contributed by atoms with Crippen LogP contribution in [0.1, 0.15) is 38.8 Å². The quantitative estimate of drug-likeness (QED) is 0.435. The van der Waals surface area contributed by atoms with Crippen LogP contribution in [0.5, 0.6) is 0 Å². The molecule has 0 bridgehead atoms. The van der Waals surface area contributed by atoms with Crippen molar-refractivity contribution < 1.29 is 14.3 Å². The Bertz CT molecular complexity index is 962. The molecule has 1 fully saturated rings. The van der Waals surface area contributed by atoms with E-state index in [0.29, 0.717) is 41.4 Å². The number of carboxylic acid groups (broad SMARTS) is 1. The Balaban J connectivity index is 1.91. The van der Waals surface area contributed by atoms with Gasteiger partial charge in [-0.2, -0.15) is 0 Å². The first-order chi connectivity index (χ1) is 13.9. The van der Waals surface area contributed by atoms with Gasteiger partial charge in [0.2, 0.25) is 0 Å². The molecular formula is C19H23ClFN5O2S. The van der Waals surface area contributed by atoms with Gasteiger partial charge in [-0.25, -0.2) is 24.1 Å². The second kappa shape index (κ2) is 8.10. The minimum Gasteiger partial charge on any atom is -0.465 e. The van der Waals surface area contributed by atoms with Crippen LogP contribution in [0, 0.1) is 5.82 Å². The summed E-state index contributed by atoms with van der Waals surface area (Å²) in [4.78, 5) is 28.7. The summed E-state index contributed by atoms with van der Waals surface area (Å²) < 4.78 is 14.9. The van der Waals surface area contributed by atoms with Gasteiger partial charge in [0, 0.05) is 13.1 Å². The van der Waals surface area contributed by atoms with Gasteiger partial charge < -0.3 is 14.9 Å². The molecule has 1 N–H and O–H groups in total. The van der Waals surface area contributed by atoms with Crippen molar-refractivity contribution in [2.75, 3.05) is 23.7 Å². The molecule has 1 saturated heterocycles. The Morgan fingerprint density at radius 3 is 2.79 bits per heavy atom. The van der Waals surface area contributed by atoms with Crippen molar-refractivity contribution in [2.24, 2.45) is 0 Å². The number of aryl methyl sites for hydroxylation is 1. The Hall–Kier alpha value is -1.87. The topological polar surface area (TPSA) is 82.5 Å². The minimum atomic E-state index is -0.915. The highest BCUT2D eigenvalue weighted by atomic mass is 35.5. The molecule has 0 aromatic carbocycles. The Morgan fingerprint density at radius 1 is 1.31 bits per heavy atom. The van der Waals surface area contributed by atoms with Crippen molar-refractivity contribution >= 4 is 46.2 Å². The van der Waals surface area contributed by atoms with E-state index in [1.165, 1.54) is 16.7 Å². The first kappa shape index (κ1) is 20.4. The number of anilines is 1. The maximum absolute atomic E-state index is 14.9. The van der Waals surface area contributed by atoms with Crippen molar-refractivity contribution in [3.63, 3.8) is 0 Å². The fraction of sp³-hybridized carbons (Fsp3) is 0.579. The van der Waals surface area contributed by atoms with E-state index in [0.717, 1.165) is 25.1 Å². The highest BCUT2D eigenvalue weighted by Crippen LogP contribution is 2.38. The van der Waals surface area contributed by atoms with E-state index in [1.807, 2.05) is 13.8 Å². The van der Waals surface area contributed by atoms with Crippen LogP contribution in [0.15, 0.2) is 5.16 Å². The van der Waals surface area contributed by atoms with Crippen LogP contribution in [-0.4, -0.2) is 62.0 Å². The molecule has 2 aromatic heterocycles. The molecule has 156 valence electrons. The molecule has 0 spiro atoms. The first-order valence-electron chi connectivity index (χ1n) is 9.87. The number of hydrogen-bond acceptors (Lipinski definition) is 6. The van der Waals surface area contributed by atoms with E-state index in [1.54, 1.807) is 0 Å². The van der Waals surface area contributed by atoms with Crippen LogP contribution in [0.3, 0.4) is 0 Å². The van der Waals surface area contributed by atoms with Gasteiger partial charge >= 0.3 is 6.09 Å². The van der Waals surface area contributed by atoms with Crippen LogP contribution in [0.2, 0.25) is 5.15 Å². The van der Waals surface area contributed by atoms with Crippen molar-refractivity contribution in [1.82, 2.24) is 19.9 Å². The van der Waals surface area contributed by atoms with Crippen molar-refractivity contribution in [3.8, 4) is 0 Å². The molecule has 4 rings (SSSR count). The van der Waals surface area contributed by atoms with Gasteiger partial charge in [0.25, 0.3) is 0 Å². The number of pyridine rings is 1. The molecular weight excluding hydrogens is 417 g/mol. The number of rotatable bonds is 3. The molecule has 29 heavy (non-hydrogen) atoms. The van der Waals surface area contributed by atoms with Gasteiger partial charge in [-0.05, 0) is 38.4 Å². The number of likely N-dealkylation sites (tertiary alicyclic amines) is 1. The maximum atomic E-state index is 14.9. The van der Waals surface area contributed by atoms with E-state index in [-0.39, 0.29) is 22.8 Å². The number of amides is 1. The van der Waals surface area contributed by atoms with Gasteiger partial charge in [0.05, 0.1) is 23.2 Å². The lowest BCUT2D eigenvalue weighted by molar-refractivity contribution is 0.141. The van der Waals surface area contributed by atoms with Crippen LogP contribution in [-0.2, 0) is 6.42 Å². The third-order valence-corrected chi connectivity index (χ3v) is 6.73. The molecule has 0 saturated carbocycles. The fourth-order valence-electron chi connectivity index (χ4n) is 4.37. The van der Waals surface area contributed by atoms with E-state index in [2.05, 4.69) is 14.9 Å². The SMILES string of the molecule is CCSc1nc2c3c(nc(Cl)c(F)c3n1)CCCCN2C1CCN(C(=O)O)[C@@H]1C. The summed E-state index contributed by atoms with van der Waals surface area (Å²) in [7, 11) is 0. The van der Waals surface area contributed by atoms with Crippen LogP contribution in [0.25, 0.3) is 10.9 Å². The highest BCUT2D eigenvalue weighted by Gasteiger charge is 2.39. The highest BCUT2D eigenvalue weighted by molar-refractivity contribution is 7.99. The number of hydrogen-bond donors (Lipinski definition) is 1. The third kappa shape index (κ3) is 3.59. The molecule has 1 unspecified atom stereocenters. The molecule has 7 nitrogen and oxygen atoms in total. The average Bonchev–Trinajstić information content (AvgIpc) is 3.05. The molecule has 0 aliphatic carbocycles. The van der Waals surface area contributed by atoms with Gasteiger partial charge in [0.15, 0.2) is 16.1 Å². The number of halogens is 2. The zero-order valence-electron chi connectivity index (χ0n) is 16.4. The molecule has 2 aliphatic rings. The van der Waals surface area contributed by atoms with Gasteiger partial charge in [-0.15, -0.1) is 0 Å². The molecule has 1 amide bonds. The average molecular weight is 440 g/mol. The smallest absolute Gasteiger partial charge is 0.407 e. The largest absolute Gasteiger partial charge is 0.465 e. The zero-order valence-corrected chi connectivity index (χ0v) is 17.9. The van der Waals surface area contributed by atoms with E-state index in [9.17, 15) is 14.3 Å². The summed E-state index contributed by atoms with van der Waals surface area (Å²) in [5.74, 6) is 0.775. The third-order valence-electron chi connectivity index (χ3n) is 5.75. The first-order valence-corrected chi connectivity index (χ1v) is 11.2. The minimum absolute atomic E-state index is 0.0339. The molecule has 4 heterocycles. The molecule has 2 aromatic rings. The van der Waals surface area contributed by atoms with Crippen LogP contribution in [0.4, 0.5) is 15.0 Å². The summed E-state index contributed by atoms with van der Waals surface area (Å²) in [5.41, 5.74) is 0.911. The molecule has 0 radical (unpaired) electrons. The van der Waals surface area contributed by atoms with Gasteiger partial charge in [0.1, 0.15) is 11.3 Å². The summed E-state index contributed by atoms with van der Waals surface area (Å²) in [5, 5.41) is 10.4. The predicted octanol–water partition coefficient (Wildman–Crippen LogP) is 4.21. The lowest BCUT2D eigenvalue weighted by Crippen LogP contribution is -2.46. The normalized spacial score (nSPS) is 22.1. The number of carbonyl (C=O) groups is 1. The molecule has 2 atom stereocenters. The van der Waals surface area contributed by atoms with E-state index < -0.39 is 11.9 Å². The summed E-state index contributed by atoms with van der Waals surface area (Å²) >= 11 is 7.52. The van der Waals surface area contributed by atoms with Crippen LogP contribution < -0.4 is 4.90 Å². The van der Waals surface area contributed by atoms with E-state index >= 15 is 0 Å². The molecule has 10 heteroatoms. The van der Waals surface area contributed by atoms with Crippen molar-refractivity contribution in [1.29, 1.82) is 0 Å². The van der Waals surface area contributed by atoms with Crippen molar-refractivity contribution in [3.05, 3.63) is 16.7 Å².